The van der Waals surface area contributed by atoms with Crippen LogP contribution >= 0.6 is 27.5 Å². The Labute approximate surface area is 121 Å². The number of benzene rings is 1. The van der Waals surface area contributed by atoms with E-state index in [0.717, 1.165) is 27.9 Å². The summed E-state index contributed by atoms with van der Waals surface area (Å²) >= 11 is 9.84. The molecule has 1 heterocycles. The Bertz CT molecular complexity index is 505. The van der Waals surface area contributed by atoms with Crippen molar-refractivity contribution in [1.82, 2.24) is 5.32 Å². The summed E-state index contributed by atoms with van der Waals surface area (Å²) in [6.07, 6.45) is 6.53. The van der Waals surface area contributed by atoms with Crippen LogP contribution in [0.1, 0.15) is 36.8 Å². The van der Waals surface area contributed by atoms with Crippen molar-refractivity contribution < 1.29 is 0 Å². The third-order valence-electron chi connectivity index (χ3n) is 4.26. The summed E-state index contributed by atoms with van der Waals surface area (Å²) in [6.45, 7) is 0. The molecule has 2 nitrogen and oxygen atoms in total. The molecule has 0 amide bonds. The lowest BCUT2D eigenvalue weighted by atomic mass is 9.75. The van der Waals surface area contributed by atoms with E-state index < -0.39 is 0 Å². The van der Waals surface area contributed by atoms with Gasteiger partial charge in [-0.2, -0.15) is 0 Å². The second kappa shape index (κ2) is 4.62. The minimum absolute atomic E-state index is 0.0178. The average Bonchev–Trinajstić information content (AvgIpc) is 2.70. The molecule has 0 aromatic heterocycles. The fourth-order valence-electron chi connectivity index (χ4n) is 3.14. The number of rotatable bonds is 1. The Hall–Kier alpha value is -0.380. The van der Waals surface area contributed by atoms with E-state index in [2.05, 4.69) is 27.3 Å². The molecule has 1 aromatic carbocycles. The number of aliphatic imine (C=N–C) groups is 1. The molecule has 18 heavy (non-hydrogen) atoms. The zero-order valence-electron chi connectivity index (χ0n) is 10.3. The zero-order chi connectivity index (χ0) is 12.8. The molecule has 1 saturated carbocycles. The van der Waals surface area contributed by atoms with Crippen LogP contribution in [0.15, 0.2) is 21.6 Å². The lowest BCUT2D eigenvalue weighted by Gasteiger charge is -2.36. The van der Waals surface area contributed by atoms with Crippen molar-refractivity contribution in [3.63, 3.8) is 0 Å². The molecule has 1 aromatic rings. The third kappa shape index (κ3) is 1.93. The second-order valence-electron chi connectivity index (χ2n) is 5.20. The van der Waals surface area contributed by atoms with Gasteiger partial charge in [0, 0.05) is 22.3 Å². The second-order valence-corrected chi connectivity index (χ2v) is 6.52. The lowest BCUT2D eigenvalue weighted by Crippen LogP contribution is -2.36. The van der Waals surface area contributed by atoms with E-state index in [4.69, 9.17) is 16.6 Å². The fraction of sp³-hybridized carbons (Fsp3) is 0.500. The molecule has 0 bridgehead atoms. The van der Waals surface area contributed by atoms with Crippen molar-refractivity contribution in [3.8, 4) is 0 Å². The molecule has 3 rings (SSSR count). The van der Waals surface area contributed by atoms with Crippen molar-refractivity contribution in [3.05, 3.63) is 32.8 Å². The first-order valence-electron chi connectivity index (χ1n) is 6.37. The first kappa shape index (κ1) is 12.6. The molecule has 2 aliphatic rings. The van der Waals surface area contributed by atoms with Gasteiger partial charge in [-0.3, -0.25) is 4.99 Å². The predicted octanol–water partition coefficient (Wildman–Crippen LogP) is 3.89. The Morgan fingerprint density at radius 1 is 1.39 bits per heavy atom. The summed E-state index contributed by atoms with van der Waals surface area (Å²) in [6, 6.07) is 4.77. The smallest absolute Gasteiger partial charge is 0.0865 e. The van der Waals surface area contributed by atoms with Crippen molar-refractivity contribution >= 4 is 33.7 Å². The monoisotopic (exact) mass is 326 g/mol. The van der Waals surface area contributed by atoms with E-state index in [1.807, 2.05) is 19.3 Å². The summed E-state index contributed by atoms with van der Waals surface area (Å²) in [7, 11) is 2.04. The number of hydrogen-bond acceptors (Lipinski definition) is 2. The highest BCUT2D eigenvalue weighted by Gasteiger charge is 2.40. The van der Waals surface area contributed by atoms with Crippen molar-refractivity contribution in [2.24, 2.45) is 4.99 Å². The highest BCUT2D eigenvalue weighted by molar-refractivity contribution is 9.10. The first-order chi connectivity index (χ1) is 8.64. The van der Waals surface area contributed by atoms with Crippen LogP contribution in [0.2, 0.25) is 5.02 Å². The topological polar surface area (TPSA) is 24.4 Å². The molecule has 1 aliphatic heterocycles. The van der Waals surface area contributed by atoms with Gasteiger partial charge in [0.2, 0.25) is 0 Å². The maximum absolute atomic E-state index is 6.30. The van der Waals surface area contributed by atoms with Crippen LogP contribution in [0.25, 0.3) is 0 Å². The van der Waals surface area contributed by atoms with Gasteiger partial charge >= 0.3 is 0 Å². The van der Waals surface area contributed by atoms with Gasteiger partial charge < -0.3 is 5.32 Å². The predicted molar refractivity (Wildman–Crippen MR) is 79.7 cm³/mol. The largest absolute Gasteiger partial charge is 0.317 e. The first-order valence-corrected chi connectivity index (χ1v) is 7.54. The summed E-state index contributed by atoms with van der Waals surface area (Å²) in [5.74, 6) is 0. The normalized spacial score (nSPS) is 29.8. The molecule has 1 fully saturated rings. The zero-order valence-corrected chi connectivity index (χ0v) is 12.7. The van der Waals surface area contributed by atoms with Gasteiger partial charge in [-0.25, -0.2) is 0 Å². The Morgan fingerprint density at radius 3 is 2.78 bits per heavy atom. The number of nitrogens with one attached hydrogen (secondary N) is 1. The summed E-state index contributed by atoms with van der Waals surface area (Å²) < 4.78 is 1.05. The van der Waals surface area contributed by atoms with Gasteiger partial charge in [0.1, 0.15) is 0 Å². The Balaban J connectivity index is 1.98. The number of hydrogen-bond donors (Lipinski definition) is 1. The van der Waals surface area contributed by atoms with Crippen molar-refractivity contribution in [2.45, 2.75) is 37.3 Å². The number of halogens is 2. The molecule has 0 radical (unpaired) electrons. The van der Waals surface area contributed by atoms with Crippen LogP contribution in [0.3, 0.4) is 0 Å². The molecule has 1 N–H and O–H groups in total. The Morgan fingerprint density at radius 2 is 2.11 bits per heavy atom. The fourth-order valence-corrected chi connectivity index (χ4v) is 4.00. The summed E-state index contributed by atoms with van der Waals surface area (Å²) in [5.41, 5.74) is 2.40. The van der Waals surface area contributed by atoms with E-state index in [1.54, 1.807) is 0 Å². The molecule has 0 atom stereocenters. The quantitative estimate of drug-likeness (QED) is 0.831. The maximum Gasteiger partial charge on any atom is 0.0865 e. The standard InChI is InChI=1S/C14H16BrClN2/c1-17-10-2-4-14(5-3-10)12-6-9(15)7-13(16)11(12)8-18-14/h6-8,10,17H,2-5H2,1H3. The van der Waals surface area contributed by atoms with Gasteiger partial charge in [-0.15, -0.1) is 0 Å². The van der Waals surface area contributed by atoms with E-state index in [-0.39, 0.29) is 5.54 Å². The molecule has 96 valence electrons. The summed E-state index contributed by atoms with van der Waals surface area (Å²) in [4.78, 5) is 4.81. The van der Waals surface area contributed by atoms with Crippen molar-refractivity contribution in [1.29, 1.82) is 0 Å². The van der Waals surface area contributed by atoms with Gasteiger partial charge in [0.05, 0.1) is 10.6 Å². The molecular formula is C14H16BrClN2. The minimum atomic E-state index is -0.0178. The highest BCUT2D eigenvalue weighted by Crippen LogP contribution is 2.47. The van der Waals surface area contributed by atoms with Crippen LogP contribution in [0.5, 0.6) is 0 Å². The average molecular weight is 328 g/mol. The van der Waals surface area contributed by atoms with Gasteiger partial charge in [-0.1, -0.05) is 27.5 Å². The summed E-state index contributed by atoms with van der Waals surface area (Å²) in [5, 5.41) is 4.17. The molecule has 0 unspecified atom stereocenters. The van der Waals surface area contributed by atoms with E-state index >= 15 is 0 Å². The van der Waals surface area contributed by atoms with Gasteiger partial charge in [-0.05, 0) is 50.4 Å². The lowest BCUT2D eigenvalue weighted by molar-refractivity contribution is 0.266. The minimum Gasteiger partial charge on any atom is -0.317 e. The van der Waals surface area contributed by atoms with E-state index in [9.17, 15) is 0 Å². The third-order valence-corrected chi connectivity index (χ3v) is 5.03. The number of fused-ring (bicyclic) bond motifs is 2. The molecular weight excluding hydrogens is 312 g/mol. The van der Waals surface area contributed by atoms with Crippen LogP contribution < -0.4 is 5.32 Å². The molecule has 0 saturated heterocycles. The van der Waals surface area contributed by atoms with Crippen LogP contribution in [0, 0.1) is 0 Å². The van der Waals surface area contributed by atoms with Gasteiger partial charge in [0.25, 0.3) is 0 Å². The molecule has 4 heteroatoms. The van der Waals surface area contributed by atoms with Gasteiger partial charge in [0.15, 0.2) is 0 Å². The molecule has 1 spiro atoms. The van der Waals surface area contributed by atoms with Crippen LogP contribution in [-0.4, -0.2) is 19.3 Å². The van der Waals surface area contributed by atoms with E-state index in [1.165, 1.54) is 18.4 Å². The highest BCUT2D eigenvalue weighted by atomic mass is 79.9. The van der Waals surface area contributed by atoms with E-state index in [0.29, 0.717) is 6.04 Å². The van der Waals surface area contributed by atoms with Crippen LogP contribution in [0.4, 0.5) is 0 Å². The number of nitrogens with zero attached hydrogens (tertiary/aromatic N) is 1. The van der Waals surface area contributed by atoms with Crippen LogP contribution in [-0.2, 0) is 5.54 Å². The van der Waals surface area contributed by atoms with Crippen molar-refractivity contribution in [2.75, 3.05) is 7.05 Å². The Kier molecular flexibility index (Phi) is 3.25. The molecule has 1 aliphatic carbocycles. The maximum atomic E-state index is 6.30. The SMILES string of the molecule is CNC1CCC2(CC1)N=Cc1c(Cl)cc(Br)cc12.